The molecule has 7 nitrogen and oxygen atoms in total. The summed E-state index contributed by atoms with van der Waals surface area (Å²) in [6.07, 6.45) is 1.37. The molecule has 0 saturated heterocycles. The first kappa shape index (κ1) is 21.9. The average molecular weight is 474 g/mol. The summed E-state index contributed by atoms with van der Waals surface area (Å²) in [7, 11) is 0. The number of carbonyl (C=O) groups excluding carboxylic acids is 2. The standard InChI is InChI=1S/C26H23N3O4S/c1-3-32-26(31)33-21-15-29(14-13-19-18-11-7-8-12-20(18)28-22(19)21)25(30)23-16(2)27-24(34-23)17-9-5-4-6-10-17/h4-12,15,28H,3,13-14H2,1-2H3. The molecule has 4 aromatic rings. The van der Waals surface area contributed by atoms with E-state index in [0.29, 0.717) is 29.2 Å². The van der Waals surface area contributed by atoms with Gasteiger partial charge in [-0.15, -0.1) is 11.3 Å². The number of ether oxygens (including phenoxy) is 2. The summed E-state index contributed by atoms with van der Waals surface area (Å²) < 4.78 is 10.6. The predicted octanol–water partition coefficient (Wildman–Crippen LogP) is 5.77. The fourth-order valence-electron chi connectivity index (χ4n) is 4.08. The van der Waals surface area contributed by atoms with Crippen molar-refractivity contribution in [1.82, 2.24) is 14.9 Å². The van der Waals surface area contributed by atoms with Gasteiger partial charge in [-0.25, -0.2) is 9.78 Å². The second-order valence-corrected chi connectivity index (χ2v) is 8.85. The van der Waals surface area contributed by atoms with Crippen LogP contribution in [-0.4, -0.2) is 40.1 Å². The summed E-state index contributed by atoms with van der Waals surface area (Å²) >= 11 is 1.36. The van der Waals surface area contributed by atoms with Crippen LogP contribution in [-0.2, 0) is 15.9 Å². The molecule has 0 fully saturated rings. The van der Waals surface area contributed by atoms with Crippen LogP contribution in [0.2, 0.25) is 0 Å². The highest BCUT2D eigenvalue weighted by molar-refractivity contribution is 7.17. The molecule has 3 heterocycles. The van der Waals surface area contributed by atoms with Gasteiger partial charge in [0.05, 0.1) is 24.2 Å². The second kappa shape index (κ2) is 9.15. The van der Waals surface area contributed by atoms with E-state index >= 15 is 0 Å². The number of aryl methyl sites for hydroxylation is 1. The minimum absolute atomic E-state index is 0.184. The first-order valence-electron chi connectivity index (χ1n) is 11.1. The number of thiazole rings is 1. The van der Waals surface area contributed by atoms with Crippen molar-refractivity contribution in [2.75, 3.05) is 13.2 Å². The Hall–Kier alpha value is -3.91. The number of hydrogen-bond donors (Lipinski definition) is 1. The average Bonchev–Trinajstić information content (AvgIpc) is 3.37. The number of carbonyl (C=O) groups is 2. The molecule has 0 radical (unpaired) electrons. The lowest BCUT2D eigenvalue weighted by molar-refractivity contribution is 0.0812. The van der Waals surface area contributed by atoms with Gasteiger partial charge in [0, 0.05) is 23.0 Å². The topological polar surface area (TPSA) is 84.5 Å². The van der Waals surface area contributed by atoms with Gasteiger partial charge in [-0.2, -0.15) is 0 Å². The normalized spacial score (nSPS) is 13.2. The zero-order valence-corrected chi connectivity index (χ0v) is 19.6. The number of nitrogens with zero attached hydrogens (tertiary/aromatic N) is 2. The number of amides is 1. The van der Waals surface area contributed by atoms with Gasteiger partial charge in [0.2, 0.25) is 0 Å². The van der Waals surface area contributed by atoms with Crippen molar-refractivity contribution in [1.29, 1.82) is 0 Å². The third-order valence-corrected chi connectivity index (χ3v) is 6.86. The summed E-state index contributed by atoms with van der Waals surface area (Å²) in [4.78, 5) is 35.9. The number of H-pyrrole nitrogens is 1. The van der Waals surface area contributed by atoms with Crippen molar-refractivity contribution < 1.29 is 19.1 Å². The maximum atomic E-state index is 13.6. The Bertz CT molecular complexity index is 1400. The smallest absolute Gasteiger partial charge is 0.434 e. The highest BCUT2D eigenvalue weighted by atomic mass is 32.1. The van der Waals surface area contributed by atoms with Gasteiger partial charge >= 0.3 is 6.16 Å². The molecule has 2 aromatic heterocycles. The van der Waals surface area contributed by atoms with Crippen LogP contribution in [0.25, 0.3) is 27.2 Å². The number of nitrogens with one attached hydrogen (secondary N) is 1. The first-order valence-corrected chi connectivity index (χ1v) is 11.9. The van der Waals surface area contributed by atoms with E-state index in [0.717, 1.165) is 27.0 Å². The zero-order chi connectivity index (χ0) is 23.7. The predicted molar refractivity (Wildman–Crippen MR) is 131 cm³/mol. The fourth-order valence-corrected chi connectivity index (χ4v) is 5.10. The number of rotatable bonds is 4. The quantitative estimate of drug-likeness (QED) is 0.381. The Balaban J connectivity index is 1.52. The SMILES string of the molecule is CCOC(=O)OC1=CN(C(=O)c2sc(-c3ccccc3)nc2C)CCc2c1[nH]c1ccccc21. The molecule has 0 saturated carbocycles. The van der Waals surface area contributed by atoms with E-state index in [2.05, 4.69) is 9.97 Å². The molecule has 0 aliphatic carbocycles. The maximum absolute atomic E-state index is 13.6. The number of para-hydroxylation sites is 1. The van der Waals surface area contributed by atoms with E-state index in [1.165, 1.54) is 11.3 Å². The first-order chi connectivity index (χ1) is 16.5. The van der Waals surface area contributed by atoms with Crippen LogP contribution in [0, 0.1) is 6.92 Å². The second-order valence-electron chi connectivity index (χ2n) is 7.85. The molecule has 5 rings (SSSR count). The van der Waals surface area contributed by atoms with Crippen LogP contribution in [0.1, 0.15) is 33.5 Å². The summed E-state index contributed by atoms with van der Waals surface area (Å²) in [6.45, 7) is 4.17. The number of hydrogen-bond acceptors (Lipinski definition) is 6. The van der Waals surface area contributed by atoms with E-state index in [1.807, 2.05) is 61.5 Å². The van der Waals surface area contributed by atoms with E-state index in [9.17, 15) is 9.59 Å². The number of aromatic amines is 1. The summed E-state index contributed by atoms with van der Waals surface area (Å²) in [5, 5.41) is 1.82. The van der Waals surface area contributed by atoms with Gasteiger partial charge in [0.25, 0.3) is 5.91 Å². The van der Waals surface area contributed by atoms with Gasteiger partial charge in [-0.05, 0) is 31.9 Å². The lowest BCUT2D eigenvalue weighted by Crippen LogP contribution is -2.27. The Morgan fingerprint density at radius 3 is 2.68 bits per heavy atom. The molecule has 0 bridgehead atoms. The molecule has 34 heavy (non-hydrogen) atoms. The van der Waals surface area contributed by atoms with Crippen molar-refractivity contribution in [3.63, 3.8) is 0 Å². The molecule has 1 amide bonds. The fraction of sp³-hybridized carbons (Fsp3) is 0.192. The third-order valence-electron chi connectivity index (χ3n) is 5.66. The van der Waals surface area contributed by atoms with E-state index < -0.39 is 6.16 Å². The molecular formula is C26H23N3O4S. The van der Waals surface area contributed by atoms with Gasteiger partial charge < -0.3 is 19.4 Å². The molecule has 0 unspecified atom stereocenters. The van der Waals surface area contributed by atoms with Crippen molar-refractivity contribution in [3.8, 4) is 10.6 Å². The molecule has 8 heteroatoms. The van der Waals surface area contributed by atoms with Gasteiger partial charge in [-0.3, -0.25) is 4.79 Å². The lowest BCUT2D eigenvalue weighted by atomic mass is 10.1. The molecule has 172 valence electrons. The zero-order valence-electron chi connectivity index (χ0n) is 18.8. The van der Waals surface area contributed by atoms with Crippen LogP contribution in [0.5, 0.6) is 0 Å². The Labute approximate surface area is 200 Å². The molecule has 1 N–H and O–H groups in total. The molecule has 2 aromatic carbocycles. The van der Waals surface area contributed by atoms with E-state index in [1.54, 1.807) is 18.0 Å². The van der Waals surface area contributed by atoms with Gasteiger partial charge in [0.1, 0.15) is 9.88 Å². The van der Waals surface area contributed by atoms with E-state index in [-0.39, 0.29) is 18.3 Å². The van der Waals surface area contributed by atoms with E-state index in [4.69, 9.17) is 9.47 Å². The number of benzene rings is 2. The van der Waals surface area contributed by atoms with Crippen LogP contribution in [0.15, 0.2) is 60.8 Å². The van der Waals surface area contributed by atoms with Crippen molar-refractivity contribution >= 4 is 40.1 Å². The number of aromatic nitrogens is 2. The summed E-state index contributed by atoms with van der Waals surface area (Å²) in [5.74, 6) is 0.0672. The number of fused-ring (bicyclic) bond motifs is 3. The molecule has 0 spiro atoms. The molecular weight excluding hydrogens is 450 g/mol. The van der Waals surface area contributed by atoms with Gasteiger partial charge in [-0.1, -0.05) is 48.5 Å². The van der Waals surface area contributed by atoms with Crippen molar-refractivity contribution in [2.24, 2.45) is 0 Å². The Kier molecular flexibility index (Phi) is 5.90. The Morgan fingerprint density at radius 2 is 1.88 bits per heavy atom. The molecule has 1 aliphatic rings. The maximum Gasteiger partial charge on any atom is 0.513 e. The highest BCUT2D eigenvalue weighted by Gasteiger charge is 2.28. The summed E-state index contributed by atoms with van der Waals surface area (Å²) in [5.41, 5.74) is 4.25. The molecule has 1 aliphatic heterocycles. The van der Waals surface area contributed by atoms with Crippen molar-refractivity contribution in [3.05, 3.63) is 82.6 Å². The van der Waals surface area contributed by atoms with Crippen LogP contribution >= 0.6 is 11.3 Å². The largest absolute Gasteiger partial charge is 0.513 e. The van der Waals surface area contributed by atoms with Crippen molar-refractivity contribution in [2.45, 2.75) is 20.3 Å². The minimum atomic E-state index is -0.812. The monoisotopic (exact) mass is 473 g/mol. The third kappa shape index (κ3) is 4.08. The highest BCUT2D eigenvalue weighted by Crippen LogP contribution is 2.33. The summed E-state index contributed by atoms with van der Waals surface area (Å²) in [6, 6.07) is 17.7. The Morgan fingerprint density at radius 1 is 1.12 bits per heavy atom. The van der Waals surface area contributed by atoms with Crippen LogP contribution in [0.3, 0.4) is 0 Å². The van der Waals surface area contributed by atoms with Crippen LogP contribution < -0.4 is 0 Å². The van der Waals surface area contributed by atoms with Crippen LogP contribution in [0.4, 0.5) is 4.79 Å². The van der Waals surface area contributed by atoms with Gasteiger partial charge in [0.15, 0.2) is 5.76 Å². The lowest BCUT2D eigenvalue weighted by Gasteiger charge is -2.17. The molecule has 0 atom stereocenters. The minimum Gasteiger partial charge on any atom is -0.434 e.